The van der Waals surface area contributed by atoms with Crippen molar-refractivity contribution in [1.82, 2.24) is 15.2 Å². The zero-order chi connectivity index (χ0) is 14.5. The lowest BCUT2D eigenvalue weighted by atomic mass is 10.2. The summed E-state index contributed by atoms with van der Waals surface area (Å²) >= 11 is 0. The quantitative estimate of drug-likeness (QED) is 0.795. The Labute approximate surface area is 116 Å². The SMILES string of the molecule is CN1CCOC(CNC(=O)c2ccnc(C(=O)O)c2)C1. The van der Waals surface area contributed by atoms with E-state index in [2.05, 4.69) is 15.2 Å². The first-order valence-corrected chi connectivity index (χ1v) is 6.34. The van der Waals surface area contributed by atoms with Crippen molar-refractivity contribution >= 4 is 11.9 Å². The Kier molecular flexibility index (Phi) is 4.65. The highest BCUT2D eigenvalue weighted by Gasteiger charge is 2.19. The molecule has 1 aliphatic rings. The van der Waals surface area contributed by atoms with E-state index in [4.69, 9.17) is 9.84 Å². The number of carbonyl (C=O) groups is 2. The number of amides is 1. The number of carbonyl (C=O) groups excluding carboxylic acids is 1. The summed E-state index contributed by atoms with van der Waals surface area (Å²) in [4.78, 5) is 28.5. The number of likely N-dealkylation sites (N-methyl/N-ethyl adjacent to an activating group) is 1. The van der Waals surface area contributed by atoms with Crippen molar-refractivity contribution in [1.29, 1.82) is 0 Å². The van der Waals surface area contributed by atoms with E-state index >= 15 is 0 Å². The van der Waals surface area contributed by atoms with Gasteiger partial charge in [0.2, 0.25) is 0 Å². The van der Waals surface area contributed by atoms with Gasteiger partial charge in [-0.3, -0.25) is 4.79 Å². The van der Waals surface area contributed by atoms with E-state index < -0.39 is 5.97 Å². The number of hydrogen-bond donors (Lipinski definition) is 2. The van der Waals surface area contributed by atoms with Gasteiger partial charge < -0.3 is 20.1 Å². The predicted octanol–water partition coefficient (Wildman–Crippen LogP) is -0.160. The summed E-state index contributed by atoms with van der Waals surface area (Å²) in [6, 6.07) is 2.74. The molecular formula is C13H17N3O4. The summed E-state index contributed by atoms with van der Waals surface area (Å²) in [7, 11) is 2.00. The summed E-state index contributed by atoms with van der Waals surface area (Å²) in [5.41, 5.74) is 0.132. The largest absolute Gasteiger partial charge is 0.477 e. The molecule has 0 spiro atoms. The molecule has 0 aromatic carbocycles. The summed E-state index contributed by atoms with van der Waals surface area (Å²) in [6.07, 6.45) is 1.27. The molecular weight excluding hydrogens is 262 g/mol. The Balaban J connectivity index is 1.91. The molecule has 1 aliphatic heterocycles. The lowest BCUT2D eigenvalue weighted by Gasteiger charge is -2.30. The van der Waals surface area contributed by atoms with E-state index in [0.29, 0.717) is 13.2 Å². The third-order valence-corrected chi connectivity index (χ3v) is 3.07. The van der Waals surface area contributed by atoms with Crippen molar-refractivity contribution in [3.05, 3.63) is 29.6 Å². The van der Waals surface area contributed by atoms with E-state index in [9.17, 15) is 9.59 Å². The second-order valence-corrected chi connectivity index (χ2v) is 4.70. The number of hydrogen-bond acceptors (Lipinski definition) is 5. The zero-order valence-corrected chi connectivity index (χ0v) is 11.2. The number of carboxylic acid groups (broad SMARTS) is 1. The molecule has 7 heteroatoms. The molecule has 1 atom stereocenters. The van der Waals surface area contributed by atoms with Crippen molar-refractivity contribution in [3.63, 3.8) is 0 Å². The number of carboxylic acids is 1. The Hall–Kier alpha value is -1.99. The first-order chi connectivity index (χ1) is 9.56. The van der Waals surface area contributed by atoms with Gasteiger partial charge in [0.15, 0.2) is 0 Å². The number of ether oxygens (including phenoxy) is 1. The molecule has 1 fully saturated rings. The molecule has 2 rings (SSSR count). The van der Waals surface area contributed by atoms with Crippen molar-refractivity contribution in [3.8, 4) is 0 Å². The molecule has 1 aromatic heterocycles. The van der Waals surface area contributed by atoms with Gasteiger partial charge in [-0.05, 0) is 19.2 Å². The average Bonchev–Trinajstić information content (AvgIpc) is 2.45. The van der Waals surface area contributed by atoms with Crippen LogP contribution >= 0.6 is 0 Å². The summed E-state index contributed by atoms with van der Waals surface area (Å²) < 4.78 is 5.53. The molecule has 2 N–H and O–H groups in total. The van der Waals surface area contributed by atoms with Gasteiger partial charge in [-0.15, -0.1) is 0 Å². The average molecular weight is 279 g/mol. The lowest BCUT2D eigenvalue weighted by molar-refractivity contribution is -0.0175. The van der Waals surface area contributed by atoms with Gasteiger partial charge in [0.05, 0.1) is 12.7 Å². The Morgan fingerprint density at radius 1 is 1.60 bits per heavy atom. The van der Waals surface area contributed by atoms with Crippen LogP contribution in [0.25, 0.3) is 0 Å². The monoisotopic (exact) mass is 279 g/mol. The highest BCUT2D eigenvalue weighted by atomic mass is 16.5. The topological polar surface area (TPSA) is 91.8 Å². The van der Waals surface area contributed by atoms with Gasteiger partial charge >= 0.3 is 5.97 Å². The molecule has 1 unspecified atom stereocenters. The van der Waals surface area contributed by atoms with E-state index in [-0.39, 0.29) is 23.3 Å². The van der Waals surface area contributed by atoms with Crippen LogP contribution in [0, 0.1) is 0 Å². The fourth-order valence-electron chi connectivity index (χ4n) is 1.99. The maximum absolute atomic E-state index is 11.9. The minimum Gasteiger partial charge on any atom is -0.477 e. The molecule has 7 nitrogen and oxygen atoms in total. The first-order valence-electron chi connectivity index (χ1n) is 6.34. The Morgan fingerprint density at radius 2 is 2.40 bits per heavy atom. The van der Waals surface area contributed by atoms with Crippen LogP contribution in [0.3, 0.4) is 0 Å². The molecule has 0 aliphatic carbocycles. The van der Waals surface area contributed by atoms with Crippen LogP contribution in [0.2, 0.25) is 0 Å². The fraction of sp³-hybridized carbons (Fsp3) is 0.462. The van der Waals surface area contributed by atoms with Crippen LogP contribution < -0.4 is 5.32 Å². The number of pyridine rings is 1. The molecule has 1 amide bonds. The molecule has 108 valence electrons. The van der Waals surface area contributed by atoms with Crippen LogP contribution in [0.4, 0.5) is 0 Å². The van der Waals surface area contributed by atoms with E-state index in [1.807, 2.05) is 7.05 Å². The van der Waals surface area contributed by atoms with Crippen molar-refractivity contribution < 1.29 is 19.4 Å². The van der Waals surface area contributed by atoms with Gasteiger partial charge in [-0.1, -0.05) is 0 Å². The molecule has 2 heterocycles. The van der Waals surface area contributed by atoms with E-state index in [0.717, 1.165) is 13.1 Å². The number of morpholine rings is 1. The van der Waals surface area contributed by atoms with Gasteiger partial charge in [-0.25, -0.2) is 9.78 Å². The normalized spacial score (nSPS) is 19.6. The number of nitrogens with one attached hydrogen (secondary N) is 1. The molecule has 0 saturated carbocycles. The fourth-order valence-corrected chi connectivity index (χ4v) is 1.99. The lowest BCUT2D eigenvalue weighted by Crippen LogP contribution is -2.45. The van der Waals surface area contributed by atoms with E-state index in [1.54, 1.807) is 0 Å². The van der Waals surface area contributed by atoms with Crippen molar-refractivity contribution in [2.45, 2.75) is 6.10 Å². The Morgan fingerprint density at radius 3 is 3.10 bits per heavy atom. The predicted molar refractivity (Wildman–Crippen MR) is 70.8 cm³/mol. The van der Waals surface area contributed by atoms with Crippen LogP contribution in [0.15, 0.2) is 18.3 Å². The second kappa shape index (κ2) is 6.44. The third kappa shape index (κ3) is 3.75. The first kappa shape index (κ1) is 14.4. The molecule has 0 radical (unpaired) electrons. The smallest absolute Gasteiger partial charge is 0.354 e. The van der Waals surface area contributed by atoms with Crippen molar-refractivity contribution in [2.24, 2.45) is 0 Å². The maximum atomic E-state index is 11.9. The highest BCUT2D eigenvalue weighted by molar-refractivity contribution is 5.96. The second-order valence-electron chi connectivity index (χ2n) is 4.70. The number of aromatic nitrogens is 1. The van der Waals surface area contributed by atoms with Crippen LogP contribution in [-0.2, 0) is 4.74 Å². The van der Waals surface area contributed by atoms with Crippen LogP contribution in [-0.4, -0.2) is 66.3 Å². The molecule has 0 bridgehead atoms. The molecule has 20 heavy (non-hydrogen) atoms. The molecule has 1 saturated heterocycles. The minimum atomic E-state index is -1.16. The number of nitrogens with zero attached hydrogens (tertiary/aromatic N) is 2. The van der Waals surface area contributed by atoms with Crippen LogP contribution in [0.5, 0.6) is 0 Å². The maximum Gasteiger partial charge on any atom is 0.354 e. The summed E-state index contributed by atoms with van der Waals surface area (Å²) in [6.45, 7) is 2.69. The van der Waals surface area contributed by atoms with Crippen molar-refractivity contribution in [2.75, 3.05) is 33.3 Å². The molecule has 1 aromatic rings. The van der Waals surface area contributed by atoms with Gasteiger partial charge in [0.1, 0.15) is 5.69 Å². The number of aromatic carboxylic acids is 1. The van der Waals surface area contributed by atoms with Gasteiger partial charge in [0, 0.05) is 31.4 Å². The third-order valence-electron chi connectivity index (χ3n) is 3.07. The zero-order valence-electron chi connectivity index (χ0n) is 11.2. The van der Waals surface area contributed by atoms with E-state index in [1.165, 1.54) is 18.3 Å². The summed E-state index contributed by atoms with van der Waals surface area (Å²) in [5.74, 6) is -1.48. The van der Waals surface area contributed by atoms with Gasteiger partial charge in [0.25, 0.3) is 5.91 Å². The highest BCUT2D eigenvalue weighted by Crippen LogP contribution is 2.04. The minimum absolute atomic E-state index is 0.0431. The van der Waals surface area contributed by atoms with Crippen LogP contribution in [0.1, 0.15) is 20.8 Å². The standard InChI is InChI=1S/C13H17N3O4/c1-16-4-5-20-10(8-16)7-15-12(17)9-2-3-14-11(6-9)13(18)19/h2-3,6,10H,4-5,7-8H2,1H3,(H,15,17)(H,18,19). The van der Waals surface area contributed by atoms with Gasteiger partial charge in [-0.2, -0.15) is 0 Å². The Bertz CT molecular complexity index is 506. The number of rotatable bonds is 4. The summed E-state index contributed by atoms with van der Waals surface area (Å²) in [5, 5.41) is 11.6.